The molecule has 1 heterocycles. The van der Waals surface area contributed by atoms with Crippen LogP contribution >= 0.6 is 0 Å². The third-order valence-corrected chi connectivity index (χ3v) is 7.58. The quantitative estimate of drug-likeness (QED) is 0.256. The van der Waals surface area contributed by atoms with Gasteiger partial charge in [-0.05, 0) is 63.7 Å². The van der Waals surface area contributed by atoms with Gasteiger partial charge in [0.1, 0.15) is 0 Å². The van der Waals surface area contributed by atoms with Crippen LogP contribution in [0.2, 0.25) is 0 Å². The minimum atomic E-state index is -0.0322. The van der Waals surface area contributed by atoms with Crippen LogP contribution in [-0.2, 0) is 5.41 Å². The van der Waals surface area contributed by atoms with Crippen LogP contribution in [0.4, 0.5) is 0 Å². The van der Waals surface area contributed by atoms with Crippen LogP contribution in [0.15, 0.2) is 115 Å². The van der Waals surface area contributed by atoms with E-state index in [0.29, 0.717) is 0 Å². The smallest absolute Gasteiger partial charge is 0.0541 e. The van der Waals surface area contributed by atoms with Gasteiger partial charge in [0, 0.05) is 21.9 Å². The summed E-state index contributed by atoms with van der Waals surface area (Å²) in [4.78, 5) is 0. The maximum absolute atomic E-state index is 2.39. The molecule has 0 N–H and O–H groups in total. The standard InChI is InChI=1S/C33H25N/c1-33(2)29-17-8-6-13-25(29)27-16-10-15-24(32(27)33)22-19-20-31-28(21-22)26-14-7-9-18-30(26)34(31)23-11-4-3-5-12-23/h3-21H,1-2H3. The molecule has 0 aliphatic heterocycles. The van der Waals surface area contributed by atoms with Gasteiger partial charge < -0.3 is 4.57 Å². The zero-order valence-corrected chi connectivity index (χ0v) is 19.4. The fourth-order valence-corrected chi connectivity index (χ4v) is 6.08. The highest BCUT2D eigenvalue weighted by molar-refractivity contribution is 6.10. The molecule has 0 fully saturated rings. The Bertz CT molecular complexity index is 1720. The van der Waals surface area contributed by atoms with Gasteiger partial charge >= 0.3 is 0 Å². The zero-order chi connectivity index (χ0) is 22.9. The first-order valence-electron chi connectivity index (χ1n) is 12.0. The lowest BCUT2D eigenvalue weighted by Gasteiger charge is -2.24. The highest BCUT2D eigenvalue weighted by Gasteiger charge is 2.37. The maximum Gasteiger partial charge on any atom is 0.0541 e. The molecule has 7 rings (SSSR count). The SMILES string of the molecule is CC1(C)c2ccccc2-c2cccc(-c3ccc4c(c3)c3ccccc3n4-c3ccccc3)c21. The van der Waals surface area contributed by atoms with Gasteiger partial charge in [-0.2, -0.15) is 0 Å². The summed E-state index contributed by atoms with van der Waals surface area (Å²) in [6, 6.07) is 42.1. The van der Waals surface area contributed by atoms with E-state index in [2.05, 4.69) is 134 Å². The number of aromatic nitrogens is 1. The fraction of sp³-hybridized carbons (Fsp3) is 0.0909. The summed E-state index contributed by atoms with van der Waals surface area (Å²) in [6.07, 6.45) is 0. The van der Waals surface area contributed by atoms with E-state index in [9.17, 15) is 0 Å². The van der Waals surface area contributed by atoms with E-state index in [1.807, 2.05) is 0 Å². The van der Waals surface area contributed by atoms with Gasteiger partial charge in [0.2, 0.25) is 0 Å². The first-order chi connectivity index (χ1) is 16.6. The molecule has 0 saturated carbocycles. The van der Waals surface area contributed by atoms with Crippen molar-refractivity contribution in [3.05, 3.63) is 126 Å². The second-order valence-corrected chi connectivity index (χ2v) is 9.82. The summed E-state index contributed by atoms with van der Waals surface area (Å²) in [5.41, 5.74) is 11.8. The van der Waals surface area contributed by atoms with E-state index < -0.39 is 0 Å². The van der Waals surface area contributed by atoms with Crippen molar-refractivity contribution in [2.75, 3.05) is 0 Å². The Morgan fingerprint density at radius 1 is 0.529 bits per heavy atom. The molecule has 0 radical (unpaired) electrons. The lowest BCUT2D eigenvalue weighted by molar-refractivity contribution is 0.662. The number of benzene rings is 5. The third-order valence-electron chi connectivity index (χ3n) is 7.58. The molecule has 1 aromatic heterocycles. The molecule has 5 aromatic carbocycles. The Balaban J connectivity index is 1.51. The summed E-state index contributed by atoms with van der Waals surface area (Å²) >= 11 is 0. The monoisotopic (exact) mass is 435 g/mol. The van der Waals surface area contributed by atoms with Gasteiger partial charge in [0.05, 0.1) is 11.0 Å². The number of fused-ring (bicyclic) bond motifs is 6. The Kier molecular flexibility index (Phi) is 3.96. The van der Waals surface area contributed by atoms with Gasteiger partial charge in [0.25, 0.3) is 0 Å². The van der Waals surface area contributed by atoms with E-state index in [4.69, 9.17) is 0 Å². The van der Waals surface area contributed by atoms with E-state index >= 15 is 0 Å². The van der Waals surface area contributed by atoms with Crippen LogP contribution in [0.25, 0.3) is 49.7 Å². The van der Waals surface area contributed by atoms with Crippen LogP contribution in [0.5, 0.6) is 0 Å². The van der Waals surface area contributed by atoms with Crippen molar-refractivity contribution in [3.8, 4) is 27.9 Å². The maximum atomic E-state index is 2.39. The molecule has 1 heteroatoms. The lowest BCUT2D eigenvalue weighted by Crippen LogP contribution is -2.16. The highest BCUT2D eigenvalue weighted by Crippen LogP contribution is 2.52. The largest absolute Gasteiger partial charge is 0.309 e. The molecule has 0 amide bonds. The van der Waals surface area contributed by atoms with Gasteiger partial charge in [-0.15, -0.1) is 0 Å². The van der Waals surface area contributed by atoms with Crippen LogP contribution in [0.3, 0.4) is 0 Å². The zero-order valence-electron chi connectivity index (χ0n) is 19.4. The average Bonchev–Trinajstić information content (AvgIpc) is 3.34. The Hall–Kier alpha value is -4.10. The Labute approximate surface area is 199 Å². The van der Waals surface area contributed by atoms with E-state index in [0.717, 1.165) is 0 Å². The second-order valence-electron chi connectivity index (χ2n) is 9.82. The van der Waals surface area contributed by atoms with Gasteiger partial charge in [-0.3, -0.25) is 0 Å². The molecular formula is C33H25N. The van der Waals surface area contributed by atoms with Crippen molar-refractivity contribution >= 4 is 21.8 Å². The molecule has 0 spiro atoms. The molecule has 0 unspecified atom stereocenters. The molecule has 0 bridgehead atoms. The summed E-state index contributed by atoms with van der Waals surface area (Å²) in [7, 11) is 0. The van der Waals surface area contributed by atoms with E-state index in [-0.39, 0.29) is 5.41 Å². The summed E-state index contributed by atoms with van der Waals surface area (Å²) < 4.78 is 2.38. The molecule has 6 aromatic rings. The molecule has 1 aliphatic carbocycles. The predicted octanol–water partition coefficient (Wildman–Crippen LogP) is 8.76. The topological polar surface area (TPSA) is 4.93 Å². The van der Waals surface area contributed by atoms with Crippen LogP contribution in [0, 0.1) is 0 Å². The molecule has 162 valence electrons. The molecule has 1 nitrogen and oxygen atoms in total. The van der Waals surface area contributed by atoms with Gasteiger partial charge in [-0.1, -0.05) is 98.8 Å². The predicted molar refractivity (Wildman–Crippen MR) is 144 cm³/mol. The second kappa shape index (κ2) is 6.95. The molecule has 0 saturated heterocycles. The fourth-order valence-electron chi connectivity index (χ4n) is 6.08. The van der Waals surface area contributed by atoms with Crippen LogP contribution in [-0.4, -0.2) is 4.57 Å². The summed E-state index contributed by atoms with van der Waals surface area (Å²) in [6.45, 7) is 4.72. The van der Waals surface area contributed by atoms with E-state index in [1.54, 1.807) is 0 Å². The number of hydrogen-bond donors (Lipinski definition) is 0. The summed E-state index contributed by atoms with van der Waals surface area (Å²) in [5.74, 6) is 0. The number of nitrogens with zero attached hydrogens (tertiary/aromatic N) is 1. The van der Waals surface area contributed by atoms with Crippen molar-refractivity contribution in [1.29, 1.82) is 0 Å². The number of rotatable bonds is 2. The van der Waals surface area contributed by atoms with Crippen molar-refractivity contribution in [3.63, 3.8) is 0 Å². The Morgan fingerprint density at radius 3 is 2.09 bits per heavy atom. The molecule has 0 atom stereocenters. The average molecular weight is 436 g/mol. The Morgan fingerprint density at radius 2 is 1.21 bits per heavy atom. The van der Waals surface area contributed by atoms with Crippen molar-refractivity contribution in [2.45, 2.75) is 19.3 Å². The number of para-hydroxylation sites is 2. The van der Waals surface area contributed by atoms with Gasteiger partial charge in [-0.25, -0.2) is 0 Å². The van der Waals surface area contributed by atoms with Crippen molar-refractivity contribution < 1.29 is 0 Å². The minimum absolute atomic E-state index is 0.0322. The van der Waals surface area contributed by atoms with Gasteiger partial charge in [0.15, 0.2) is 0 Å². The highest BCUT2D eigenvalue weighted by atomic mass is 15.0. The van der Waals surface area contributed by atoms with Crippen molar-refractivity contribution in [1.82, 2.24) is 4.57 Å². The normalized spacial score (nSPS) is 13.8. The van der Waals surface area contributed by atoms with Crippen LogP contribution in [0.1, 0.15) is 25.0 Å². The van der Waals surface area contributed by atoms with Crippen LogP contribution < -0.4 is 0 Å². The third kappa shape index (κ3) is 2.55. The molecule has 34 heavy (non-hydrogen) atoms. The molecular weight excluding hydrogens is 410 g/mol. The van der Waals surface area contributed by atoms with Crippen molar-refractivity contribution in [2.24, 2.45) is 0 Å². The number of hydrogen-bond acceptors (Lipinski definition) is 0. The molecule has 1 aliphatic rings. The minimum Gasteiger partial charge on any atom is -0.309 e. The lowest BCUT2D eigenvalue weighted by atomic mass is 9.79. The van der Waals surface area contributed by atoms with E-state index in [1.165, 1.54) is 60.9 Å². The first kappa shape index (κ1) is 19.4. The first-order valence-corrected chi connectivity index (χ1v) is 12.0. The summed E-state index contributed by atoms with van der Waals surface area (Å²) in [5, 5.41) is 2.58.